The molecule has 0 atom stereocenters. The molecule has 0 bridgehead atoms. The fourth-order valence-electron chi connectivity index (χ4n) is 2.16. The fraction of sp³-hybridized carbons (Fsp3) is 1.00. The van der Waals surface area contributed by atoms with E-state index in [4.69, 9.17) is 4.74 Å². The second-order valence-corrected chi connectivity index (χ2v) is 4.63. The van der Waals surface area contributed by atoms with Crippen molar-refractivity contribution in [2.75, 3.05) is 39.9 Å². The summed E-state index contributed by atoms with van der Waals surface area (Å²) in [6.07, 6.45) is 5.61. The van der Waals surface area contributed by atoms with E-state index in [0.717, 1.165) is 26.2 Å². The molecule has 3 heteroatoms. The monoisotopic (exact) mass is 214 g/mol. The molecule has 0 radical (unpaired) electrons. The molecule has 15 heavy (non-hydrogen) atoms. The molecule has 0 aromatic carbocycles. The van der Waals surface area contributed by atoms with Gasteiger partial charge in [0, 0.05) is 33.3 Å². The third-order valence-electron chi connectivity index (χ3n) is 3.63. The van der Waals surface area contributed by atoms with E-state index in [2.05, 4.69) is 17.6 Å². The molecule has 0 unspecified atom stereocenters. The largest absolute Gasteiger partial charge is 0.383 e. The molecule has 1 fully saturated rings. The third kappa shape index (κ3) is 4.49. The maximum atomic E-state index is 4.96. The fourth-order valence-corrected chi connectivity index (χ4v) is 2.16. The molecule has 0 spiro atoms. The van der Waals surface area contributed by atoms with Gasteiger partial charge in [-0.2, -0.15) is 0 Å². The minimum absolute atomic E-state index is 0.645. The zero-order chi connectivity index (χ0) is 11.0. The van der Waals surface area contributed by atoms with Crippen molar-refractivity contribution in [2.24, 2.45) is 5.41 Å². The Bertz CT molecular complexity index is 152. The van der Waals surface area contributed by atoms with Crippen LogP contribution in [0.2, 0.25) is 0 Å². The maximum absolute atomic E-state index is 4.96. The Hall–Kier alpha value is -0.120. The highest BCUT2D eigenvalue weighted by Crippen LogP contribution is 2.42. The topological polar surface area (TPSA) is 33.3 Å². The zero-order valence-corrected chi connectivity index (χ0v) is 10.3. The summed E-state index contributed by atoms with van der Waals surface area (Å²) in [4.78, 5) is 0. The molecular weight excluding hydrogens is 188 g/mol. The predicted molar refractivity (Wildman–Crippen MR) is 64.2 cm³/mol. The Morgan fingerprint density at radius 1 is 1.13 bits per heavy atom. The zero-order valence-electron chi connectivity index (χ0n) is 10.3. The van der Waals surface area contributed by atoms with Crippen molar-refractivity contribution >= 4 is 0 Å². The third-order valence-corrected chi connectivity index (χ3v) is 3.63. The Labute approximate surface area is 94.0 Å². The number of rotatable bonds is 9. The number of methoxy groups -OCH3 is 1. The molecule has 3 nitrogen and oxygen atoms in total. The van der Waals surface area contributed by atoms with E-state index < -0.39 is 0 Å². The van der Waals surface area contributed by atoms with E-state index in [-0.39, 0.29) is 0 Å². The minimum atomic E-state index is 0.645. The second kappa shape index (κ2) is 7.20. The van der Waals surface area contributed by atoms with Crippen molar-refractivity contribution in [3.05, 3.63) is 0 Å². The average Bonchev–Trinajstić information content (AvgIpc) is 2.20. The summed E-state index contributed by atoms with van der Waals surface area (Å²) < 4.78 is 4.96. The number of hydrogen-bond acceptors (Lipinski definition) is 3. The molecular formula is C12H26N2O. The van der Waals surface area contributed by atoms with Crippen molar-refractivity contribution in [1.29, 1.82) is 0 Å². The molecule has 1 aliphatic carbocycles. The van der Waals surface area contributed by atoms with Gasteiger partial charge in [-0.25, -0.2) is 0 Å². The standard InChI is InChI=1S/C12H26N2O/c1-3-12(5-4-6-12)11-14-8-7-13-9-10-15-2/h13-14H,3-11H2,1-2H3. The Balaban J connectivity index is 1.88. The van der Waals surface area contributed by atoms with Crippen LogP contribution in [0.1, 0.15) is 32.6 Å². The SMILES string of the molecule is CCC1(CNCCNCCOC)CCC1. The van der Waals surface area contributed by atoms with Crippen LogP contribution in [0, 0.1) is 5.41 Å². The minimum Gasteiger partial charge on any atom is -0.383 e. The molecule has 0 amide bonds. The first-order valence-corrected chi connectivity index (χ1v) is 6.23. The molecule has 0 aromatic rings. The summed E-state index contributed by atoms with van der Waals surface area (Å²) in [5.41, 5.74) is 0.645. The summed E-state index contributed by atoms with van der Waals surface area (Å²) in [7, 11) is 1.74. The Morgan fingerprint density at radius 2 is 1.87 bits per heavy atom. The summed E-state index contributed by atoms with van der Waals surface area (Å²) >= 11 is 0. The van der Waals surface area contributed by atoms with Gasteiger partial charge in [0.15, 0.2) is 0 Å². The van der Waals surface area contributed by atoms with E-state index in [9.17, 15) is 0 Å². The van der Waals surface area contributed by atoms with Gasteiger partial charge in [0.05, 0.1) is 6.61 Å². The van der Waals surface area contributed by atoms with Gasteiger partial charge < -0.3 is 15.4 Å². The van der Waals surface area contributed by atoms with Crippen LogP contribution < -0.4 is 10.6 Å². The molecule has 1 saturated carbocycles. The quantitative estimate of drug-likeness (QED) is 0.569. The van der Waals surface area contributed by atoms with Gasteiger partial charge in [0.1, 0.15) is 0 Å². The molecule has 0 heterocycles. The van der Waals surface area contributed by atoms with Crippen LogP contribution in [-0.4, -0.2) is 39.9 Å². The summed E-state index contributed by atoms with van der Waals surface area (Å²) in [5.74, 6) is 0. The number of hydrogen-bond donors (Lipinski definition) is 2. The smallest absolute Gasteiger partial charge is 0.0587 e. The molecule has 90 valence electrons. The molecule has 1 aliphatic rings. The molecule has 0 aromatic heterocycles. The van der Waals surface area contributed by atoms with Crippen LogP contribution in [0.15, 0.2) is 0 Å². The van der Waals surface area contributed by atoms with Gasteiger partial charge in [-0.05, 0) is 24.7 Å². The predicted octanol–water partition coefficient (Wildman–Crippen LogP) is 1.39. The maximum Gasteiger partial charge on any atom is 0.0587 e. The highest BCUT2D eigenvalue weighted by atomic mass is 16.5. The van der Waals surface area contributed by atoms with Crippen LogP contribution in [0.25, 0.3) is 0 Å². The Kier molecular flexibility index (Phi) is 6.22. The Morgan fingerprint density at radius 3 is 2.40 bits per heavy atom. The van der Waals surface area contributed by atoms with Crippen LogP contribution in [0.3, 0.4) is 0 Å². The van der Waals surface area contributed by atoms with E-state index in [1.54, 1.807) is 7.11 Å². The van der Waals surface area contributed by atoms with E-state index >= 15 is 0 Å². The van der Waals surface area contributed by atoms with Gasteiger partial charge in [0.25, 0.3) is 0 Å². The first-order chi connectivity index (χ1) is 7.33. The second-order valence-electron chi connectivity index (χ2n) is 4.63. The summed E-state index contributed by atoms with van der Waals surface area (Å²) in [6, 6.07) is 0. The van der Waals surface area contributed by atoms with E-state index in [1.165, 1.54) is 32.2 Å². The van der Waals surface area contributed by atoms with Gasteiger partial charge in [0.2, 0.25) is 0 Å². The lowest BCUT2D eigenvalue weighted by Gasteiger charge is -2.41. The first-order valence-electron chi connectivity index (χ1n) is 6.23. The lowest BCUT2D eigenvalue weighted by Crippen LogP contribution is -2.41. The van der Waals surface area contributed by atoms with Gasteiger partial charge in [-0.1, -0.05) is 13.3 Å². The van der Waals surface area contributed by atoms with Crippen LogP contribution in [0.5, 0.6) is 0 Å². The van der Waals surface area contributed by atoms with E-state index in [0.29, 0.717) is 5.41 Å². The lowest BCUT2D eigenvalue weighted by molar-refractivity contribution is 0.124. The van der Waals surface area contributed by atoms with Crippen molar-refractivity contribution in [3.63, 3.8) is 0 Å². The molecule has 1 rings (SSSR count). The summed E-state index contributed by atoms with van der Waals surface area (Å²) in [6.45, 7) is 7.40. The average molecular weight is 214 g/mol. The normalized spacial score (nSPS) is 18.8. The molecule has 0 saturated heterocycles. The first kappa shape index (κ1) is 12.9. The van der Waals surface area contributed by atoms with Crippen molar-refractivity contribution < 1.29 is 4.74 Å². The van der Waals surface area contributed by atoms with Crippen LogP contribution >= 0.6 is 0 Å². The van der Waals surface area contributed by atoms with Crippen LogP contribution in [-0.2, 0) is 4.74 Å². The van der Waals surface area contributed by atoms with Gasteiger partial charge >= 0.3 is 0 Å². The van der Waals surface area contributed by atoms with Crippen LogP contribution in [0.4, 0.5) is 0 Å². The van der Waals surface area contributed by atoms with Gasteiger partial charge in [-0.3, -0.25) is 0 Å². The molecule has 0 aliphatic heterocycles. The van der Waals surface area contributed by atoms with Crippen molar-refractivity contribution in [2.45, 2.75) is 32.6 Å². The van der Waals surface area contributed by atoms with Crippen molar-refractivity contribution in [3.8, 4) is 0 Å². The van der Waals surface area contributed by atoms with Crippen molar-refractivity contribution in [1.82, 2.24) is 10.6 Å². The highest BCUT2D eigenvalue weighted by Gasteiger charge is 2.34. The lowest BCUT2D eigenvalue weighted by atomic mass is 9.67. The van der Waals surface area contributed by atoms with Gasteiger partial charge in [-0.15, -0.1) is 0 Å². The summed E-state index contributed by atoms with van der Waals surface area (Å²) in [5, 5.41) is 6.89. The molecule has 2 N–H and O–H groups in total. The highest BCUT2D eigenvalue weighted by molar-refractivity contribution is 4.88. The number of ether oxygens (including phenoxy) is 1. The van der Waals surface area contributed by atoms with E-state index in [1.807, 2.05) is 0 Å². The number of nitrogens with one attached hydrogen (secondary N) is 2.